The molecule has 2 aromatic rings. The number of ether oxygens (including phenoxy) is 1. The van der Waals surface area contributed by atoms with Crippen LogP contribution in [0.4, 0.5) is 0 Å². The maximum atomic E-state index is 12.7. The maximum Gasteiger partial charge on any atom is 0.269 e. The van der Waals surface area contributed by atoms with Crippen molar-refractivity contribution in [2.45, 2.75) is 25.9 Å². The number of pyridine rings is 1. The second-order valence-electron chi connectivity index (χ2n) is 7.22. The van der Waals surface area contributed by atoms with E-state index in [1.807, 2.05) is 25.1 Å². The number of carbonyl (C=O) groups is 2. The van der Waals surface area contributed by atoms with Gasteiger partial charge in [0, 0.05) is 44.4 Å². The number of benzene rings is 1. The summed E-state index contributed by atoms with van der Waals surface area (Å²) in [7, 11) is 1.55. The Labute approximate surface area is 171 Å². The Balaban J connectivity index is 1.71. The zero-order chi connectivity index (χ0) is 20.6. The Hall–Kier alpha value is -2.77. The van der Waals surface area contributed by atoms with Crippen molar-refractivity contribution < 1.29 is 14.3 Å². The summed E-state index contributed by atoms with van der Waals surface area (Å²) in [5.74, 6) is -0.529. The fourth-order valence-corrected chi connectivity index (χ4v) is 3.34. The lowest BCUT2D eigenvalue weighted by Crippen LogP contribution is -2.40. The van der Waals surface area contributed by atoms with Crippen molar-refractivity contribution in [2.24, 2.45) is 0 Å². The normalized spacial score (nSPS) is 16.3. The van der Waals surface area contributed by atoms with Crippen molar-refractivity contribution in [1.82, 2.24) is 20.9 Å². The van der Waals surface area contributed by atoms with Gasteiger partial charge in [-0.05, 0) is 31.0 Å². The first kappa shape index (κ1) is 21.0. The third-order valence-corrected chi connectivity index (χ3v) is 4.82. The Morgan fingerprint density at radius 1 is 1.24 bits per heavy atom. The number of hydrogen-bond donors (Lipinski definition) is 3. The molecule has 7 heteroatoms. The summed E-state index contributed by atoms with van der Waals surface area (Å²) in [5.41, 5.74) is 3.59. The van der Waals surface area contributed by atoms with Crippen LogP contribution in [0, 0.1) is 6.92 Å². The van der Waals surface area contributed by atoms with E-state index in [0.717, 1.165) is 30.6 Å². The van der Waals surface area contributed by atoms with Crippen molar-refractivity contribution in [2.75, 3.05) is 33.3 Å². The Bertz CT molecular complexity index is 863. The number of nitrogens with one attached hydrogen (secondary N) is 3. The summed E-state index contributed by atoms with van der Waals surface area (Å²) in [6.07, 6.45) is 1.40. The predicted octanol–water partition coefficient (Wildman–Crippen LogP) is 1.45. The summed E-state index contributed by atoms with van der Waals surface area (Å²) >= 11 is 0. The number of amides is 2. The van der Waals surface area contributed by atoms with Gasteiger partial charge in [-0.3, -0.25) is 9.59 Å². The summed E-state index contributed by atoms with van der Waals surface area (Å²) < 4.78 is 5.65. The number of carbonyl (C=O) groups excluding carboxylic acids is 2. The van der Waals surface area contributed by atoms with E-state index < -0.39 is 0 Å². The van der Waals surface area contributed by atoms with Crippen molar-refractivity contribution in [3.8, 4) is 0 Å². The topological polar surface area (TPSA) is 92.4 Å². The average molecular weight is 396 g/mol. The zero-order valence-corrected chi connectivity index (χ0v) is 17.0. The lowest BCUT2D eigenvalue weighted by atomic mass is 10.0. The van der Waals surface area contributed by atoms with Gasteiger partial charge in [-0.15, -0.1) is 0 Å². The SMILES string of the molecule is CNC(=O)c1cc(C(=O)NCC[C@@H]2CNCCO2)cc(Cc2cccc(C)c2)n1. The largest absolute Gasteiger partial charge is 0.376 e. The maximum absolute atomic E-state index is 12.7. The van der Waals surface area contributed by atoms with Crippen LogP contribution in [-0.4, -0.2) is 56.2 Å². The minimum absolute atomic E-state index is 0.111. The molecule has 1 fully saturated rings. The lowest BCUT2D eigenvalue weighted by Gasteiger charge is -2.23. The van der Waals surface area contributed by atoms with Crippen LogP contribution in [0.1, 0.15) is 44.1 Å². The molecule has 1 aromatic heterocycles. The van der Waals surface area contributed by atoms with Gasteiger partial charge in [0.15, 0.2) is 0 Å². The number of morpholine rings is 1. The Kier molecular flexibility index (Phi) is 7.32. The fraction of sp³-hybridized carbons (Fsp3) is 0.409. The second-order valence-corrected chi connectivity index (χ2v) is 7.22. The van der Waals surface area contributed by atoms with Gasteiger partial charge in [0.25, 0.3) is 11.8 Å². The predicted molar refractivity (Wildman–Crippen MR) is 111 cm³/mol. The van der Waals surface area contributed by atoms with E-state index in [0.29, 0.717) is 30.8 Å². The van der Waals surface area contributed by atoms with Crippen LogP contribution in [0.15, 0.2) is 36.4 Å². The Morgan fingerprint density at radius 3 is 2.83 bits per heavy atom. The first-order valence-corrected chi connectivity index (χ1v) is 9.94. The van der Waals surface area contributed by atoms with E-state index in [-0.39, 0.29) is 23.6 Å². The van der Waals surface area contributed by atoms with Gasteiger partial charge in [0.1, 0.15) is 5.69 Å². The summed E-state index contributed by atoms with van der Waals surface area (Å²) in [4.78, 5) is 29.3. The highest BCUT2D eigenvalue weighted by Crippen LogP contribution is 2.13. The minimum Gasteiger partial charge on any atom is -0.376 e. The third kappa shape index (κ3) is 6.10. The van der Waals surface area contributed by atoms with Crippen LogP contribution < -0.4 is 16.0 Å². The Morgan fingerprint density at radius 2 is 2.10 bits per heavy atom. The van der Waals surface area contributed by atoms with E-state index in [1.54, 1.807) is 13.1 Å². The van der Waals surface area contributed by atoms with Gasteiger partial charge in [-0.2, -0.15) is 0 Å². The molecule has 1 aliphatic heterocycles. The van der Waals surface area contributed by atoms with E-state index >= 15 is 0 Å². The fourth-order valence-electron chi connectivity index (χ4n) is 3.34. The highest BCUT2D eigenvalue weighted by atomic mass is 16.5. The standard InChI is InChI=1S/C22H28N4O3/c1-15-4-3-5-16(10-15)11-18-12-17(13-20(26-18)22(28)23-2)21(27)25-7-6-19-14-24-8-9-29-19/h3-5,10,12-13,19,24H,6-9,11,14H2,1-2H3,(H,23,28)(H,25,27)/t19-/m1/s1. The molecule has 2 amide bonds. The molecule has 0 saturated carbocycles. The van der Waals surface area contributed by atoms with Gasteiger partial charge >= 0.3 is 0 Å². The summed E-state index contributed by atoms with van der Waals surface area (Å²) in [6, 6.07) is 11.4. The van der Waals surface area contributed by atoms with Crippen molar-refractivity contribution in [3.63, 3.8) is 0 Å². The molecule has 0 spiro atoms. The molecule has 2 heterocycles. The lowest BCUT2D eigenvalue weighted by molar-refractivity contribution is 0.0239. The van der Waals surface area contributed by atoms with Gasteiger partial charge < -0.3 is 20.7 Å². The molecular formula is C22H28N4O3. The molecule has 3 N–H and O–H groups in total. The van der Waals surface area contributed by atoms with E-state index in [4.69, 9.17) is 4.74 Å². The molecule has 1 aliphatic rings. The molecule has 0 bridgehead atoms. The van der Waals surface area contributed by atoms with Crippen LogP contribution in [0.25, 0.3) is 0 Å². The minimum atomic E-state index is -0.313. The molecule has 1 aromatic carbocycles. The van der Waals surface area contributed by atoms with E-state index in [1.165, 1.54) is 6.07 Å². The van der Waals surface area contributed by atoms with Gasteiger partial charge in [0.2, 0.25) is 0 Å². The number of hydrogen-bond acceptors (Lipinski definition) is 5. The van der Waals surface area contributed by atoms with Crippen LogP contribution in [-0.2, 0) is 11.2 Å². The molecule has 3 rings (SSSR count). The molecular weight excluding hydrogens is 368 g/mol. The van der Waals surface area contributed by atoms with Gasteiger partial charge in [0.05, 0.1) is 12.7 Å². The first-order valence-electron chi connectivity index (χ1n) is 9.94. The highest BCUT2D eigenvalue weighted by Gasteiger charge is 2.16. The number of aromatic nitrogens is 1. The first-order chi connectivity index (χ1) is 14.0. The molecule has 0 radical (unpaired) electrons. The number of rotatable bonds is 7. The van der Waals surface area contributed by atoms with E-state index in [9.17, 15) is 9.59 Å². The quantitative estimate of drug-likeness (QED) is 0.659. The number of aryl methyl sites for hydroxylation is 1. The zero-order valence-electron chi connectivity index (χ0n) is 17.0. The number of nitrogens with zero attached hydrogens (tertiary/aromatic N) is 1. The average Bonchev–Trinajstić information content (AvgIpc) is 2.73. The molecule has 1 saturated heterocycles. The molecule has 7 nitrogen and oxygen atoms in total. The molecule has 0 aliphatic carbocycles. The third-order valence-electron chi connectivity index (χ3n) is 4.82. The van der Waals surface area contributed by atoms with Crippen molar-refractivity contribution >= 4 is 11.8 Å². The smallest absolute Gasteiger partial charge is 0.269 e. The molecule has 154 valence electrons. The summed E-state index contributed by atoms with van der Waals surface area (Å²) in [5, 5.41) is 8.78. The van der Waals surface area contributed by atoms with E-state index in [2.05, 4.69) is 27.0 Å². The highest BCUT2D eigenvalue weighted by molar-refractivity contribution is 5.98. The summed E-state index contributed by atoms with van der Waals surface area (Å²) in [6.45, 7) is 4.90. The molecule has 1 atom stereocenters. The second kappa shape index (κ2) is 10.1. The van der Waals surface area contributed by atoms with Crippen molar-refractivity contribution in [1.29, 1.82) is 0 Å². The monoisotopic (exact) mass is 396 g/mol. The van der Waals surface area contributed by atoms with Crippen LogP contribution in [0.3, 0.4) is 0 Å². The van der Waals surface area contributed by atoms with Gasteiger partial charge in [-0.1, -0.05) is 29.8 Å². The van der Waals surface area contributed by atoms with Crippen LogP contribution >= 0.6 is 0 Å². The molecule has 29 heavy (non-hydrogen) atoms. The van der Waals surface area contributed by atoms with Gasteiger partial charge in [-0.25, -0.2) is 4.98 Å². The molecule has 0 unspecified atom stereocenters. The van der Waals surface area contributed by atoms with Crippen LogP contribution in [0.2, 0.25) is 0 Å². The van der Waals surface area contributed by atoms with Crippen LogP contribution in [0.5, 0.6) is 0 Å². The van der Waals surface area contributed by atoms with Crippen molar-refractivity contribution in [3.05, 3.63) is 64.5 Å².